The number of aromatic nitrogens is 2. The van der Waals surface area contributed by atoms with Crippen molar-refractivity contribution in [3.8, 4) is 17.0 Å². The van der Waals surface area contributed by atoms with E-state index < -0.39 is 0 Å². The molecule has 5 nitrogen and oxygen atoms in total. The Morgan fingerprint density at radius 2 is 1.91 bits per heavy atom. The third kappa shape index (κ3) is 5.92. The highest BCUT2D eigenvalue weighted by Crippen LogP contribution is 2.35. The number of esters is 1. The zero-order chi connectivity index (χ0) is 22.7. The van der Waals surface area contributed by atoms with Gasteiger partial charge in [0, 0.05) is 12.0 Å². The summed E-state index contributed by atoms with van der Waals surface area (Å²) in [5.74, 6) is 3.64. The van der Waals surface area contributed by atoms with Crippen LogP contribution in [0.5, 0.6) is 5.75 Å². The van der Waals surface area contributed by atoms with Crippen LogP contribution in [0.4, 0.5) is 0 Å². The van der Waals surface area contributed by atoms with Crippen LogP contribution in [0.25, 0.3) is 11.3 Å². The highest BCUT2D eigenvalue weighted by molar-refractivity contribution is 5.68. The Kier molecular flexibility index (Phi) is 8.86. The molecule has 0 spiro atoms. The van der Waals surface area contributed by atoms with Crippen LogP contribution in [-0.2, 0) is 29.0 Å². The van der Waals surface area contributed by atoms with Crippen molar-refractivity contribution in [1.29, 1.82) is 0 Å². The van der Waals surface area contributed by atoms with Crippen molar-refractivity contribution in [2.24, 2.45) is 17.8 Å². The molecule has 1 fully saturated rings. The van der Waals surface area contributed by atoms with E-state index >= 15 is 0 Å². The molecule has 33 heavy (non-hydrogen) atoms. The van der Waals surface area contributed by atoms with Gasteiger partial charge in [-0.1, -0.05) is 27.2 Å². The number of ether oxygens (including phenoxy) is 2. The molecule has 0 saturated heterocycles. The van der Waals surface area contributed by atoms with Crippen LogP contribution in [0.2, 0.25) is 0 Å². The molecule has 2 aliphatic rings. The summed E-state index contributed by atoms with van der Waals surface area (Å²) in [5.41, 5.74) is 2.32. The molecule has 3 atom stereocenters. The largest absolute Gasteiger partial charge is 1.00 e. The Balaban J connectivity index is 0.00000306. The number of rotatable bonds is 6. The number of hydrogen-bond acceptors (Lipinski definition) is 3. The molecule has 0 bridgehead atoms. The summed E-state index contributed by atoms with van der Waals surface area (Å²) in [5, 5.41) is 0. The number of carbonyl (C=O) groups is 1. The minimum absolute atomic E-state index is 0. The fraction of sp³-hybridized carbons (Fsp3) is 0.630. The second-order valence-corrected chi connectivity index (χ2v) is 10.1. The van der Waals surface area contributed by atoms with E-state index in [9.17, 15) is 4.79 Å². The van der Waals surface area contributed by atoms with Crippen molar-refractivity contribution >= 4 is 5.97 Å². The summed E-state index contributed by atoms with van der Waals surface area (Å²) in [6, 6.07) is 8.21. The molecule has 0 unspecified atom stereocenters. The van der Waals surface area contributed by atoms with Crippen LogP contribution in [0.3, 0.4) is 0 Å². The van der Waals surface area contributed by atoms with Crippen molar-refractivity contribution < 1.29 is 31.2 Å². The first-order valence-electron chi connectivity index (χ1n) is 12.4. The van der Waals surface area contributed by atoms with Gasteiger partial charge < -0.3 is 21.9 Å². The molecule has 1 aromatic carbocycles. The number of carbonyl (C=O) groups excluding carboxylic acids is 1. The van der Waals surface area contributed by atoms with Crippen LogP contribution in [0.15, 0.2) is 30.5 Å². The predicted molar refractivity (Wildman–Crippen MR) is 125 cm³/mol. The standard InChI is InChI=1S/C27H39N2O3.ClH/c1-19(2)23-14-9-20(3)16-25(23)32-27(30)18-28-17-24(21-10-12-22(31-4)13-11-21)29-15-7-5-6-8-26(28)29;/h10-13,17,19-20,23,25H,5-9,14-16,18H2,1-4H3;1H/q+1;/p-1/t20-,23-,25-;/m1./s1. The lowest BCUT2D eigenvalue weighted by molar-refractivity contribution is -0.692. The van der Waals surface area contributed by atoms with Gasteiger partial charge in [0.2, 0.25) is 0 Å². The van der Waals surface area contributed by atoms with Crippen LogP contribution in [0, 0.1) is 17.8 Å². The topological polar surface area (TPSA) is 44.3 Å². The molecule has 1 aromatic heterocycles. The molecule has 0 radical (unpaired) electrons. The molecule has 6 heteroatoms. The van der Waals surface area contributed by atoms with Crippen molar-refractivity contribution in [3.63, 3.8) is 0 Å². The number of imidazole rings is 1. The molecule has 0 N–H and O–H groups in total. The van der Waals surface area contributed by atoms with E-state index in [2.05, 4.69) is 48.2 Å². The summed E-state index contributed by atoms with van der Waals surface area (Å²) in [4.78, 5) is 13.1. The Bertz CT molecular complexity index is 922. The van der Waals surface area contributed by atoms with E-state index in [1.54, 1.807) is 7.11 Å². The summed E-state index contributed by atoms with van der Waals surface area (Å²) >= 11 is 0. The molecule has 2 heterocycles. The monoisotopic (exact) mass is 474 g/mol. The number of fused-ring (bicyclic) bond motifs is 1. The van der Waals surface area contributed by atoms with Gasteiger partial charge in [-0.25, -0.2) is 13.9 Å². The lowest BCUT2D eigenvalue weighted by Crippen LogP contribution is -3.00. The first-order valence-corrected chi connectivity index (χ1v) is 12.4. The second-order valence-electron chi connectivity index (χ2n) is 10.1. The third-order valence-corrected chi connectivity index (χ3v) is 7.42. The van der Waals surface area contributed by atoms with Crippen molar-refractivity contribution in [1.82, 2.24) is 4.57 Å². The minimum Gasteiger partial charge on any atom is -1.00 e. The average molecular weight is 475 g/mol. The normalized spacial score (nSPS) is 22.8. The predicted octanol–water partition coefficient (Wildman–Crippen LogP) is 2.19. The van der Waals surface area contributed by atoms with E-state index in [-0.39, 0.29) is 24.5 Å². The van der Waals surface area contributed by atoms with Gasteiger partial charge in [-0.2, -0.15) is 0 Å². The fourth-order valence-corrected chi connectivity index (χ4v) is 5.57. The molecular formula is C27H39ClN2O3. The maximum absolute atomic E-state index is 13.1. The van der Waals surface area contributed by atoms with Crippen LogP contribution >= 0.6 is 0 Å². The number of methoxy groups -OCH3 is 1. The van der Waals surface area contributed by atoms with E-state index in [1.165, 1.54) is 30.8 Å². The van der Waals surface area contributed by atoms with Gasteiger partial charge in [-0.3, -0.25) is 0 Å². The maximum atomic E-state index is 13.1. The number of halogens is 1. The number of nitrogens with zero attached hydrogens (tertiary/aromatic N) is 2. The first kappa shape index (κ1) is 25.6. The van der Waals surface area contributed by atoms with E-state index in [4.69, 9.17) is 9.47 Å². The molecule has 182 valence electrons. The van der Waals surface area contributed by atoms with Gasteiger partial charge in [-0.05, 0) is 74.1 Å². The zero-order valence-corrected chi connectivity index (χ0v) is 21.3. The highest BCUT2D eigenvalue weighted by Gasteiger charge is 2.34. The average Bonchev–Trinajstić information content (AvgIpc) is 2.94. The fourth-order valence-electron chi connectivity index (χ4n) is 5.57. The molecule has 1 aliphatic heterocycles. The summed E-state index contributed by atoms with van der Waals surface area (Å²) in [7, 11) is 1.69. The van der Waals surface area contributed by atoms with Gasteiger partial charge in [0.25, 0.3) is 5.82 Å². The maximum Gasteiger partial charge on any atom is 0.348 e. The lowest BCUT2D eigenvalue weighted by Gasteiger charge is -2.36. The van der Waals surface area contributed by atoms with E-state index in [0.717, 1.165) is 43.5 Å². The molecule has 0 amide bonds. The van der Waals surface area contributed by atoms with Crippen LogP contribution in [-0.4, -0.2) is 23.8 Å². The van der Waals surface area contributed by atoms with Crippen molar-refractivity contribution in [2.45, 2.75) is 84.9 Å². The molecule has 4 rings (SSSR count). The SMILES string of the molecule is COc1ccc(-c2c[n+](CC(=O)O[C@@H]3C[C@H](C)CC[C@@H]3C(C)C)c3n2CCCCC3)cc1.[Cl-]. The van der Waals surface area contributed by atoms with Crippen LogP contribution < -0.4 is 21.7 Å². The highest BCUT2D eigenvalue weighted by atomic mass is 35.5. The van der Waals surface area contributed by atoms with E-state index in [1.807, 2.05) is 12.1 Å². The number of hydrogen-bond donors (Lipinski definition) is 0. The summed E-state index contributed by atoms with van der Waals surface area (Å²) < 4.78 is 16.0. The Labute approximate surface area is 204 Å². The van der Waals surface area contributed by atoms with Gasteiger partial charge in [-0.15, -0.1) is 0 Å². The summed E-state index contributed by atoms with van der Waals surface area (Å²) in [6.07, 6.45) is 10.1. The van der Waals surface area contributed by atoms with Gasteiger partial charge in [0.05, 0.1) is 13.7 Å². The third-order valence-electron chi connectivity index (χ3n) is 7.42. The van der Waals surface area contributed by atoms with Gasteiger partial charge >= 0.3 is 5.97 Å². The molecule has 2 aromatic rings. The smallest absolute Gasteiger partial charge is 0.348 e. The summed E-state index contributed by atoms with van der Waals surface area (Å²) in [6.45, 7) is 8.08. The lowest BCUT2D eigenvalue weighted by atomic mass is 9.75. The van der Waals surface area contributed by atoms with Crippen LogP contribution in [0.1, 0.15) is 65.1 Å². The Morgan fingerprint density at radius 3 is 2.61 bits per heavy atom. The van der Waals surface area contributed by atoms with E-state index in [0.29, 0.717) is 24.3 Å². The zero-order valence-electron chi connectivity index (χ0n) is 20.6. The van der Waals surface area contributed by atoms with Crippen molar-refractivity contribution in [2.75, 3.05) is 7.11 Å². The molecule has 1 aliphatic carbocycles. The quantitative estimate of drug-likeness (QED) is 0.476. The van der Waals surface area contributed by atoms with Crippen molar-refractivity contribution in [3.05, 3.63) is 36.3 Å². The Morgan fingerprint density at radius 1 is 1.15 bits per heavy atom. The Hall–Kier alpha value is -2.01. The molecule has 1 saturated carbocycles. The second kappa shape index (κ2) is 11.4. The van der Waals surface area contributed by atoms with Gasteiger partial charge in [0.1, 0.15) is 18.1 Å². The number of benzene rings is 1. The molecular weight excluding hydrogens is 436 g/mol. The van der Waals surface area contributed by atoms with Gasteiger partial charge in [0.15, 0.2) is 12.2 Å². The minimum atomic E-state index is -0.0984. The first-order chi connectivity index (χ1) is 15.5.